The predicted molar refractivity (Wildman–Crippen MR) is 44.8 cm³/mol. The standard InChI is InChI=1S/C6H5N7/c7-6-12-11-5-3-4(9-1-8-3)10-2-13(5)6/h1-2H,(H2,7,12)(H,8,9). The fourth-order valence-corrected chi connectivity index (χ4v) is 1.25. The van der Waals surface area contributed by atoms with Crippen molar-refractivity contribution in [1.29, 1.82) is 0 Å². The number of imidazole rings is 1. The number of aromatic nitrogens is 6. The molecule has 3 aromatic rings. The smallest absolute Gasteiger partial charge is 0.227 e. The molecular weight excluding hydrogens is 170 g/mol. The molecule has 13 heavy (non-hydrogen) atoms. The Labute approximate surface area is 71.6 Å². The Bertz CT molecular complexity index is 577. The van der Waals surface area contributed by atoms with Crippen LogP contribution >= 0.6 is 0 Å². The van der Waals surface area contributed by atoms with Crippen LogP contribution in [0.5, 0.6) is 0 Å². The van der Waals surface area contributed by atoms with E-state index in [1.807, 2.05) is 0 Å². The summed E-state index contributed by atoms with van der Waals surface area (Å²) in [5, 5.41) is 7.62. The fraction of sp³-hybridized carbons (Fsp3) is 0. The van der Waals surface area contributed by atoms with Crippen LogP contribution in [0.4, 0.5) is 5.95 Å². The summed E-state index contributed by atoms with van der Waals surface area (Å²) in [6.45, 7) is 0. The molecule has 0 spiro atoms. The first-order chi connectivity index (χ1) is 6.36. The van der Waals surface area contributed by atoms with Crippen molar-refractivity contribution in [1.82, 2.24) is 29.5 Å². The van der Waals surface area contributed by atoms with Crippen LogP contribution in [0.2, 0.25) is 0 Å². The van der Waals surface area contributed by atoms with Crippen molar-refractivity contribution >= 4 is 22.8 Å². The molecule has 0 amide bonds. The van der Waals surface area contributed by atoms with Gasteiger partial charge in [-0.2, -0.15) is 0 Å². The Morgan fingerprint density at radius 3 is 3.15 bits per heavy atom. The normalized spacial score (nSPS) is 11.4. The molecule has 0 bridgehead atoms. The van der Waals surface area contributed by atoms with Gasteiger partial charge in [0.2, 0.25) is 5.95 Å². The van der Waals surface area contributed by atoms with Crippen LogP contribution in [-0.4, -0.2) is 29.5 Å². The predicted octanol–water partition coefficient (Wildman–Crippen LogP) is -0.417. The van der Waals surface area contributed by atoms with Crippen molar-refractivity contribution in [2.75, 3.05) is 5.73 Å². The van der Waals surface area contributed by atoms with E-state index in [0.29, 0.717) is 17.2 Å². The van der Waals surface area contributed by atoms with E-state index >= 15 is 0 Å². The van der Waals surface area contributed by atoms with Gasteiger partial charge in [-0.3, -0.25) is 0 Å². The zero-order chi connectivity index (χ0) is 8.84. The van der Waals surface area contributed by atoms with Crippen LogP contribution in [-0.2, 0) is 0 Å². The number of fused-ring (bicyclic) bond motifs is 3. The molecule has 0 aliphatic heterocycles. The minimum atomic E-state index is 0.319. The van der Waals surface area contributed by atoms with Gasteiger partial charge in [-0.25, -0.2) is 14.4 Å². The molecule has 0 atom stereocenters. The lowest BCUT2D eigenvalue weighted by Gasteiger charge is -1.92. The first kappa shape index (κ1) is 6.35. The number of hydrogen-bond donors (Lipinski definition) is 2. The summed E-state index contributed by atoms with van der Waals surface area (Å²) in [7, 11) is 0. The maximum absolute atomic E-state index is 5.55. The Kier molecular flexibility index (Phi) is 0.950. The summed E-state index contributed by atoms with van der Waals surface area (Å²) in [5.41, 5.74) is 7.54. The minimum Gasteiger partial charge on any atom is -0.368 e. The van der Waals surface area contributed by atoms with Gasteiger partial charge in [-0.1, -0.05) is 0 Å². The third-order valence-electron chi connectivity index (χ3n) is 1.86. The molecule has 0 radical (unpaired) electrons. The molecule has 7 heteroatoms. The highest BCUT2D eigenvalue weighted by atomic mass is 15.3. The molecule has 0 unspecified atom stereocenters. The lowest BCUT2D eigenvalue weighted by molar-refractivity contribution is 1.10. The summed E-state index contributed by atoms with van der Waals surface area (Å²) in [4.78, 5) is 11.0. The molecular formula is C6H5N7. The Hall–Kier alpha value is -2.18. The lowest BCUT2D eigenvalue weighted by atomic mass is 10.5. The van der Waals surface area contributed by atoms with Crippen LogP contribution in [0.1, 0.15) is 0 Å². The Morgan fingerprint density at radius 2 is 2.23 bits per heavy atom. The van der Waals surface area contributed by atoms with Gasteiger partial charge >= 0.3 is 0 Å². The number of nitrogens with zero attached hydrogens (tertiary/aromatic N) is 5. The van der Waals surface area contributed by atoms with E-state index < -0.39 is 0 Å². The molecule has 0 saturated carbocycles. The van der Waals surface area contributed by atoms with Crippen molar-refractivity contribution < 1.29 is 0 Å². The van der Waals surface area contributed by atoms with E-state index in [1.54, 1.807) is 17.1 Å². The second kappa shape index (κ2) is 1.94. The summed E-state index contributed by atoms with van der Waals surface area (Å²) in [6, 6.07) is 0. The zero-order valence-corrected chi connectivity index (χ0v) is 6.47. The Balaban J connectivity index is 2.66. The summed E-state index contributed by atoms with van der Waals surface area (Å²) < 4.78 is 1.60. The van der Waals surface area contributed by atoms with Crippen LogP contribution < -0.4 is 5.73 Å². The molecule has 3 N–H and O–H groups in total. The van der Waals surface area contributed by atoms with E-state index in [-0.39, 0.29) is 0 Å². The van der Waals surface area contributed by atoms with Crippen molar-refractivity contribution in [2.24, 2.45) is 0 Å². The number of nitrogens with two attached hydrogens (primary N) is 1. The first-order valence-electron chi connectivity index (χ1n) is 3.64. The van der Waals surface area contributed by atoms with Crippen LogP contribution in [0, 0.1) is 0 Å². The highest BCUT2D eigenvalue weighted by molar-refractivity contribution is 5.84. The fourth-order valence-electron chi connectivity index (χ4n) is 1.25. The Morgan fingerprint density at radius 1 is 1.31 bits per heavy atom. The van der Waals surface area contributed by atoms with Gasteiger partial charge in [-0.05, 0) is 0 Å². The summed E-state index contributed by atoms with van der Waals surface area (Å²) in [6.07, 6.45) is 3.11. The number of rotatable bonds is 0. The molecule has 64 valence electrons. The molecule has 3 heterocycles. The number of hydrogen-bond acceptors (Lipinski definition) is 5. The molecule has 0 fully saturated rings. The topological polar surface area (TPSA) is 97.8 Å². The minimum absolute atomic E-state index is 0.319. The third-order valence-corrected chi connectivity index (χ3v) is 1.86. The van der Waals surface area contributed by atoms with Gasteiger partial charge in [0.25, 0.3) is 0 Å². The molecule has 3 rings (SSSR count). The van der Waals surface area contributed by atoms with E-state index in [1.165, 1.54) is 0 Å². The molecule has 0 aliphatic rings. The lowest BCUT2D eigenvalue weighted by Crippen LogP contribution is -1.95. The molecule has 7 nitrogen and oxygen atoms in total. The van der Waals surface area contributed by atoms with Gasteiger partial charge in [-0.15, -0.1) is 10.2 Å². The average molecular weight is 175 g/mol. The maximum Gasteiger partial charge on any atom is 0.227 e. The monoisotopic (exact) mass is 175 g/mol. The molecule has 3 aromatic heterocycles. The number of aromatic amines is 1. The number of anilines is 1. The summed E-state index contributed by atoms with van der Waals surface area (Å²) in [5.74, 6) is 0.319. The van der Waals surface area contributed by atoms with E-state index in [0.717, 1.165) is 5.52 Å². The van der Waals surface area contributed by atoms with Crippen LogP contribution in [0.25, 0.3) is 16.8 Å². The van der Waals surface area contributed by atoms with Gasteiger partial charge in [0.15, 0.2) is 11.3 Å². The molecule has 0 saturated heterocycles. The van der Waals surface area contributed by atoms with Crippen molar-refractivity contribution in [3.8, 4) is 0 Å². The van der Waals surface area contributed by atoms with Gasteiger partial charge in [0.05, 0.1) is 6.33 Å². The number of nitrogens with one attached hydrogen (secondary N) is 1. The summed E-state index contributed by atoms with van der Waals surface area (Å²) >= 11 is 0. The van der Waals surface area contributed by atoms with Crippen LogP contribution in [0.15, 0.2) is 12.7 Å². The van der Waals surface area contributed by atoms with Gasteiger partial charge < -0.3 is 10.7 Å². The first-order valence-corrected chi connectivity index (χ1v) is 3.64. The number of nitrogen functional groups attached to an aromatic ring is 1. The number of H-pyrrole nitrogens is 1. The van der Waals surface area contributed by atoms with Crippen molar-refractivity contribution in [3.63, 3.8) is 0 Å². The second-order valence-corrected chi connectivity index (χ2v) is 2.60. The highest BCUT2D eigenvalue weighted by Gasteiger charge is 2.07. The zero-order valence-electron chi connectivity index (χ0n) is 6.47. The van der Waals surface area contributed by atoms with Crippen molar-refractivity contribution in [3.05, 3.63) is 12.7 Å². The second-order valence-electron chi connectivity index (χ2n) is 2.60. The van der Waals surface area contributed by atoms with Crippen molar-refractivity contribution in [2.45, 2.75) is 0 Å². The SMILES string of the molecule is Nc1nnc2c3[nH]cnc3ncn12. The maximum atomic E-state index is 5.55. The van der Waals surface area contributed by atoms with Crippen LogP contribution in [0.3, 0.4) is 0 Å². The highest BCUT2D eigenvalue weighted by Crippen LogP contribution is 2.12. The quantitative estimate of drug-likeness (QED) is 0.483. The van der Waals surface area contributed by atoms with Gasteiger partial charge in [0, 0.05) is 0 Å². The third kappa shape index (κ3) is 0.675. The van der Waals surface area contributed by atoms with Gasteiger partial charge in [0.1, 0.15) is 11.8 Å². The van der Waals surface area contributed by atoms with E-state index in [2.05, 4.69) is 25.1 Å². The van der Waals surface area contributed by atoms with E-state index in [4.69, 9.17) is 5.73 Å². The average Bonchev–Trinajstić information content (AvgIpc) is 2.70. The molecule has 0 aliphatic carbocycles. The van der Waals surface area contributed by atoms with E-state index in [9.17, 15) is 0 Å². The largest absolute Gasteiger partial charge is 0.368 e. The molecule has 0 aromatic carbocycles.